The molecule has 0 saturated carbocycles. The van der Waals surface area contributed by atoms with Crippen LogP contribution in [0, 0.1) is 16.7 Å². The minimum absolute atomic E-state index is 0.253. The van der Waals surface area contributed by atoms with Crippen molar-refractivity contribution in [1.82, 2.24) is 0 Å². The van der Waals surface area contributed by atoms with Crippen LogP contribution in [0.5, 0.6) is 11.5 Å². The largest absolute Gasteiger partial charge is 0.497 e. The molecule has 1 rings (SSSR count). The van der Waals surface area contributed by atoms with Gasteiger partial charge in [0.05, 0.1) is 20.3 Å². The van der Waals surface area contributed by atoms with Gasteiger partial charge in [0, 0.05) is 11.6 Å². The lowest BCUT2D eigenvalue weighted by Gasteiger charge is -2.15. The van der Waals surface area contributed by atoms with Gasteiger partial charge in [0.1, 0.15) is 16.9 Å². The highest BCUT2D eigenvalue weighted by molar-refractivity contribution is 6.02. The van der Waals surface area contributed by atoms with E-state index in [1.807, 2.05) is 6.07 Å². The predicted molar refractivity (Wildman–Crippen MR) is 63.3 cm³/mol. The maximum Gasteiger partial charge on any atom is 0.182 e. The number of ketones is 1. The van der Waals surface area contributed by atoms with E-state index >= 15 is 0 Å². The topological polar surface area (TPSA) is 59.3 Å². The quantitative estimate of drug-likeness (QED) is 0.749. The molecule has 0 aliphatic rings. The van der Waals surface area contributed by atoms with Gasteiger partial charge in [0.25, 0.3) is 0 Å². The lowest BCUT2D eigenvalue weighted by atomic mass is 9.86. The summed E-state index contributed by atoms with van der Waals surface area (Å²) in [5.74, 6) is 0.806. The lowest BCUT2D eigenvalue weighted by molar-refractivity contribution is 0.0891. The molecule has 0 saturated heterocycles. The summed E-state index contributed by atoms with van der Waals surface area (Å²) in [4.78, 5) is 12.1. The summed E-state index contributed by atoms with van der Waals surface area (Å²) >= 11 is 0. The Morgan fingerprint density at radius 2 is 1.65 bits per heavy atom. The maximum absolute atomic E-state index is 12.1. The average Bonchev–Trinajstić information content (AvgIpc) is 2.36. The van der Waals surface area contributed by atoms with Gasteiger partial charge in [0.15, 0.2) is 5.78 Å². The lowest BCUT2D eigenvalue weighted by Crippen LogP contribution is -2.22. The van der Waals surface area contributed by atoms with E-state index < -0.39 is 5.41 Å². The van der Waals surface area contributed by atoms with Crippen LogP contribution in [0.2, 0.25) is 0 Å². The highest BCUT2D eigenvalue weighted by Crippen LogP contribution is 2.27. The maximum atomic E-state index is 12.1. The van der Waals surface area contributed by atoms with Crippen LogP contribution in [0.15, 0.2) is 18.2 Å². The second-order valence-corrected chi connectivity index (χ2v) is 4.17. The van der Waals surface area contributed by atoms with Gasteiger partial charge in [-0.05, 0) is 26.0 Å². The standard InChI is InChI=1S/C13H15NO3/c1-13(2,8-14)12(15)9-5-10(16-3)7-11(6-9)17-4/h5-7H,1-4H3. The van der Waals surface area contributed by atoms with E-state index in [4.69, 9.17) is 14.7 Å². The molecule has 4 nitrogen and oxygen atoms in total. The minimum atomic E-state index is -1.06. The number of ether oxygens (including phenoxy) is 2. The van der Waals surface area contributed by atoms with Crippen molar-refractivity contribution in [3.8, 4) is 17.6 Å². The molecule has 4 heteroatoms. The fraction of sp³-hybridized carbons (Fsp3) is 0.385. The van der Waals surface area contributed by atoms with E-state index in [2.05, 4.69) is 0 Å². The van der Waals surface area contributed by atoms with Crippen LogP contribution < -0.4 is 9.47 Å². The van der Waals surface area contributed by atoms with Crippen LogP contribution in [0.25, 0.3) is 0 Å². The third-order valence-corrected chi connectivity index (χ3v) is 2.46. The van der Waals surface area contributed by atoms with E-state index in [-0.39, 0.29) is 5.78 Å². The zero-order valence-corrected chi connectivity index (χ0v) is 10.4. The van der Waals surface area contributed by atoms with Gasteiger partial charge < -0.3 is 9.47 Å². The second-order valence-electron chi connectivity index (χ2n) is 4.17. The fourth-order valence-electron chi connectivity index (χ4n) is 1.35. The Labute approximate surface area is 101 Å². The fourth-order valence-corrected chi connectivity index (χ4v) is 1.35. The summed E-state index contributed by atoms with van der Waals surface area (Å²) in [6.45, 7) is 3.17. The first-order chi connectivity index (χ1) is 7.94. The van der Waals surface area contributed by atoms with Crippen molar-refractivity contribution in [2.75, 3.05) is 14.2 Å². The monoisotopic (exact) mass is 233 g/mol. The van der Waals surface area contributed by atoms with Crippen LogP contribution in [-0.4, -0.2) is 20.0 Å². The van der Waals surface area contributed by atoms with E-state index in [9.17, 15) is 4.79 Å². The van der Waals surface area contributed by atoms with Gasteiger partial charge in [-0.1, -0.05) is 0 Å². The highest BCUT2D eigenvalue weighted by atomic mass is 16.5. The first-order valence-corrected chi connectivity index (χ1v) is 5.13. The number of benzene rings is 1. The van der Waals surface area contributed by atoms with E-state index in [0.29, 0.717) is 17.1 Å². The molecule has 0 atom stereocenters. The number of rotatable bonds is 4. The van der Waals surface area contributed by atoms with Crippen LogP contribution in [0.3, 0.4) is 0 Å². The molecule has 0 heterocycles. The molecule has 0 amide bonds. The molecule has 90 valence electrons. The molecule has 0 bridgehead atoms. The molecule has 0 unspecified atom stereocenters. The van der Waals surface area contributed by atoms with Crippen molar-refractivity contribution >= 4 is 5.78 Å². The Hall–Kier alpha value is -2.02. The Bertz CT molecular complexity index is 450. The first-order valence-electron chi connectivity index (χ1n) is 5.13. The molecule has 1 aromatic rings. The molecule has 0 fully saturated rings. The number of nitrogens with zero attached hydrogens (tertiary/aromatic N) is 1. The third-order valence-electron chi connectivity index (χ3n) is 2.46. The summed E-state index contributed by atoms with van der Waals surface area (Å²) in [7, 11) is 3.02. The third kappa shape index (κ3) is 2.76. The molecule has 0 radical (unpaired) electrons. The van der Waals surface area contributed by atoms with Crippen molar-refractivity contribution in [2.45, 2.75) is 13.8 Å². The molecule has 17 heavy (non-hydrogen) atoms. The van der Waals surface area contributed by atoms with Gasteiger partial charge in [0.2, 0.25) is 0 Å². The number of nitriles is 1. The zero-order valence-electron chi connectivity index (χ0n) is 10.4. The number of carbonyl (C=O) groups excluding carboxylic acids is 1. The van der Waals surface area contributed by atoms with Gasteiger partial charge >= 0.3 is 0 Å². The van der Waals surface area contributed by atoms with Crippen LogP contribution in [0.1, 0.15) is 24.2 Å². The molecule has 1 aromatic carbocycles. The Balaban J connectivity index is 3.23. The van der Waals surface area contributed by atoms with Crippen molar-refractivity contribution in [3.05, 3.63) is 23.8 Å². The number of carbonyl (C=O) groups is 1. The summed E-state index contributed by atoms with van der Waals surface area (Å²) in [5.41, 5.74) is -0.648. The van der Waals surface area contributed by atoms with Gasteiger partial charge in [-0.3, -0.25) is 4.79 Å². The van der Waals surface area contributed by atoms with Gasteiger partial charge in [-0.2, -0.15) is 5.26 Å². The SMILES string of the molecule is COc1cc(OC)cc(C(=O)C(C)(C)C#N)c1. The second kappa shape index (κ2) is 4.88. The molecule has 0 spiro atoms. The minimum Gasteiger partial charge on any atom is -0.497 e. The van der Waals surface area contributed by atoms with Crippen LogP contribution >= 0.6 is 0 Å². The number of hydrogen-bond acceptors (Lipinski definition) is 4. The van der Waals surface area contributed by atoms with E-state index in [1.165, 1.54) is 14.2 Å². The summed E-state index contributed by atoms with van der Waals surface area (Å²) in [6, 6.07) is 6.86. The summed E-state index contributed by atoms with van der Waals surface area (Å²) < 4.78 is 10.2. The number of methoxy groups -OCH3 is 2. The number of Topliss-reactive ketones (excluding diaryl/α,β-unsaturated/α-hetero) is 1. The van der Waals surface area contributed by atoms with Crippen molar-refractivity contribution < 1.29 is 14.3 Å². The predicted octanol–water partition coefficient (Wildman–Crippen LogP) is 2.44. The molecular weight excluding hydrogens is 218 g/mol. The van der Waals surface area contributed by atoms with Crippen molar-refractivity contribution in [1.29, 1.82) is 5.26 Å². The van der Waals surface area contributed by atoms with E-state index in [0.717, 1.165) is 0 Å². The first kappa shape index (κ1) is 13.0. The van der Waals surface area contributed by atoms with Crippen molar-refractivity contribution in [3.63, 3.8) is 0 Å². The van der Waals surface area contributed by atoms with Crippen molar-refractivity contribution in [2.24, 2.45) is 5.41 Å². The van der Waals surface area contributed by atoms with Crippen LogP contribution in [0.4, 0.5) is 0 Å². The zero-order chi connectivity index (χ0) is 13.1. The highest BCUT2D eigenvalue weighted by Gasteiger charge is 2.29. The molecular formula is C13H15NO3. The molecule has 0 aliphatic heterocycles. The smallest absolute Gasteiger partial charge is 0.182 e. The number of hydrogen-bond donors (Lipinski definition) is 0. The molecule has 0 N–H and O–H groups in total. The Morgan fingerprint density at radius 1 is 1.18 bits per heavy atom. The van der Waals surface area contributed by atoms with Crippen LogP contribution in [-0.2, 0) is 0 Å². The van der Waals surface area contributed by atoms with Gasteiger partial charge in [-0.25, -0.2) is 0 Å². The Kier molecular flexibility index (Phi) is 3.74. The summed E-state index contributed by atoms with van der Waals surface area (Å²) in [5, 5.41) is 8.95. The molecule has 0 aromatic heterocycles. The molecule has 0 aliphatic carbocycles. The van der Waals surface area contributed by atoms with E-state index in [1.54, 1.807) is 32.0 Å². The Morgan fingerprint density at radius 3 is 2.00 bits per heavy atom. The average molecular weight is 233 g/mol. The van der Waals surface area contributed by atoms with Gasteiger partial charge in [-0.15, -0.1) is 0 Å². The summed E-state index contributed by atoms with van der Waals surface area (Å²) in [6.07, 6.45) is 0. The normalized spacial score (nSPS) is 10.5.